The van der Waals surface area contributed by atoms with Crippen LogP contribution in [0.3, 0.4) is 0 Å². The number of H-pyrrole nitrogens is 1. The van der Waals surface area contributed by atoms with E-state index in [1.807, 2.05) is 18.3 Å². The number of nitrogens with zero attached hydrogens (tertiary/aromatic N) is 3. The third-order valence-electron chi connectivity index (χ3n) is 5.17. The monoisotopic (exact) mass is 381 g/mol. The lowest BCUT2D eigenvalue weighted by Gasteiger charge is -2.33. The van der Waals surface area contributed by atoms with Gasteiger partial charge in [0.05, 0.1) is 5.52 Å². The first-order valence-electron chi connectivity index (χ1n) is 9.49. The smallest absolute Gasteiger partial charge is 0.252 e. The number of benzene rings is 1. The molecule has 146 valence electrons. The van der Waals surface area contributed by atoms with Gasteiger partial charge in [0, 0.05) is 51.0 Å². The van der Waals surface area contributed by atoms with E-state index in [-0.39, 0.29) is 11.4 Å². The molecule has 3 aromatic rings. The molecule has 0 radical (unpaired) electrons. The molecule has 0 bridgehead atoms. The van der Waals surface area contributed by atoms with E-state index >= 15 is 0 Å². The molecular formula is C21H24FN5O. The maximum atomic E-state index is 13.3. The fourth-order valence-corrected chi connectivity index (χ4v) is 3.47. The molecule has 7 heteroatoms. The molecule has 2 aromatic heterocycles. The van der Waals surface area contributed by atoms with E-state index < -0.39 is 0 Å². The normalized spacial score (nSPS) is 15.3. The largest absolute Gasteiger partial charge is 0.354 e. The highest BCUT2D eigenvalue weighted by molar-refractivity contribution is 5.78. The fourth-order valence-electron chi connectivity index (χ4n) is 3.47. The molecule has 28 heavy (non-hydrogen) atoms. The van der Waals surface area contributed by atoms with Crippen molar-refractivity contribution < 1.29 is 4.39 Å². The van der Waals surface area contributed by atoms with Crippen molar-refractivity contribution in [2.75, 3.05) is 38.1 Å². The van der Waals surface area contributed by atoms with Crippen LogP contribution in [0.15, 0.2) is 47.4 Å². The number of nitrogens with one attached hydrogen (secondary N) is 2. The molecule has 0 unspecified atom stereocenters. The van der Waals surface area contributed by atoms with Gasteiger partial charge in [-0.1, -0.05) is 0 Å². The second-order valence-corrected chi connectivity index (χ2v) is 7.27. The lowest BCUT2D eigenvalue weighted by atomic mass is 10.1. The number of aromatic amines is 1. The van der Waals surface area contributed by atoms with E-state index in [0.29, 0.717) is 24.2 Å². The number of hydrogen-bond donors (Lipinski definition) is 2. The summed E-state index contributed by atoms with van der Waals surface area (Å²) in [5, 5.41) is 4.14. The van der Waals surface area contributed by atoms with Crippen LogP contribution in [0, 0.1) is 5.82 Å². The summed E-state index contributed by atoms with van der Waals surface area (Å²) < 4.78 is 13.3. The second-order valence-electron chi connectivity index (χ2n) is 7.27. The standard InChI is InChI=1S/C21H24FN5O/c1-26-6-8-27(9-7-26)20-10-15(4-5-24-20)13-23-14-17-11-16-2-3-18(22)12-19(16)25-21(17)28/h2-5,10-12,23H,6-9,13-14H2,1H3,(H,25,28). The van der Waals surface area contributed by atoms with E-state index in [0.717, 1.165) is 42.9 Å². The van der Waals surface area contributed by atoms with Crippen LogP contribution < -0.4 is 15.8 Å². The van der Waals surface area contributed by atoms with Gasteiger partial charge in [0.1, 0.15) is 11.6 Å². The van der Waals surface area contributed by atoms with E-state index in [9.17, 15) is 9.18 Å². The zero-order valence-electron chi connectivity index (χ0n) is 15.9. The van der Waals surface area contributed by atoms with E-state index in [2.05, 4.69) is 38.2 Å². The average molecular weight is 381 g/mol. The molecular weight excluding hydrogens is 357 g/mol. The van der Waals surface area contributed by atoms with Crippen LogP contribution in [0.25, 0.3) is 10.9 Å². The van der Waals surface area contributed by atoms with Gasteiger partial charge in [-0.2, -0.15) is 0 Å². The first-order chi connectivity index (χ1) is 13.6. The number of pyridine rings is 2. The van der Waals surface area contributed by atoms with Crippen LogP contribution in [0.1, 0.15) is 11.1 Å². The van der Waals surface area contributed by atoms with Gasteiger partial charge in [-0.15, -0.1) is 0 Å². The minimum absolute atomic E-state index is 0.196. The predicted octanol–water partition coefficient (Wildman–Crippen LogP) is 2.10. The van der Waals surface area contributed by atoms with Crippen LogP contribution in [-0.4, -0.2) is 48.1 Å². The number of aromatic nitrogens is 2. The Balaban J connectivity index is 1.41. The van der Waals surface area contributed by atoms with Gasteiger partial charge in [0.25, 0.3) is 5.56 Å². The topological polar surface area (TPSA) is 64.3 Å². The SMILES string of the molecule is CN1CCN(c2cc(CNCc3cc4ccc(F)cc4[nH]c3=O)ccn2)CC1. The Kier molecular flexibility index (Phi) is 5.36. The van der Waals surface area contributed by atoms with Gasteiger partial charge in [-0.25, -0.2) is 9.37 Å². The van der Waals surface area contributed by atoms with Gasteiger partial charge in [-0.3, -0.25) is 4.79 Å². The third kappa shape index (κ3) is 4.21. The van der Waals surface area contributed by atoms with Crippen LogP contribution in [0.4, 0.5) is 10.2 Å². The molecule has 1 aliphatic rings. The van der Waals surface area contributed by atoms with E-state index in [1.54, 1.807) is 6.07 Å². The maximum absolute atomic E-state index is 13.3. The summed E-state index contributed by atoms with van der Waals surface area (Å²) >= 11 is 0. The number of fused-ring (bicyclic) bond motifs is 1. The van der Waals surface area contributed by atoms with Crippen molar-refractivity contribution in [3.8, 4) is 0 Å². The minimum Gasteiger partial charge on any atom is -0.354 e. The Labute approximate surface area is 163 Å². The number of likely N-dealkylation sites (N-methyl/N-ethyl adjacent to an activating group) is 1. The van der Waals surface area contributed by atoms with Crippen LogP contribution in [0.5, 0.6) is 0 Å². The number of rotatable bonds is 5. The Morgan fingerprint density at radius 3 is 2.75 bits per heavy atom. The molecule has 3 heterocycles. The minimum atomic E-state index is -0.358. The van der Waals surface area contributed by atoms with Crippen molar-refractivity contribution in [3.63, 3.8) is 0 Å². The molecule has 2 N–H and O–H groups in total. The number of piperazine rings is 1. The summed E-state index contributed by atoms with van der Waals surface area (Å²) in [4.78, 5) is 24.1. The molecule has 1 aliphatic heterocycles. The summed E-state index contributed by atoms with van der Waals surface area (Å²) in [6.07, 6.45) is 1.84. The summed E-state index contributed by atoms with van der Waals surface area (Å²) in [6.45, 7) is 5.12. The van der Waals surface area contributed by atoms with Gasteiger partial charge < -0.3 is 20.1 Å². The third-order valence-corrected chi connectivity index (χ3v) is 5.17. The van der Waals surface area contributed by atoms with Gasteiger partial charge in [-0.05, 0) is 54.4 Å². The molecule has 0 saturated carbocycles. The van der Waals surface area contributed by atoms with Crippen LogP contribution in [0.2, 0.25) is 0 Å². The number of halogens is 1. The summed E-state index contributed by atoms with van der Waals surface area (Å²) in [7, 11) is 2.14. The fraction of sp³-hybridized carbons (Fsp3) is 0.333. The molecule has 0 spiro atoms. The van der Waals surface area contributed by atoms with Gasteiger partial charge in [0.2, 0.25) is 0 Å². The second kappa shape index (κ2) is 8.08. The van der Waals surface area contributed by atoms with Crippen molar-refractivity contribution >= 4 is 16.7 Å². The Morgan fingerprint density at radius 2 is 1.93 bits per heavy atom. The predicted molar refractivity (Wildman–Crippen MR) is 109 cm³/mol. The van der Waals surface area contributed by atoms with E-state index in [4.69, 9.17) is 0 Å². The molecule has 0 amide bonds. The first kappa shape index (κ1) is 18.6. The van der Waals surface area contributed by atoms with Crippen molar-refractivity contribution in [3.05, 3.63) is 69.9 Å². The number of hydrogen-bond acceptors (Lipinski definition) is 5. The number of anilines is 1. The molecule has 1 fully saturated rings. The van der Waals surface area contributed by atoms with Crippen molar-refractivity contribution in [2.24, 2.45) is 0 Å². The summed E-state index contributed by atoms with van der Waals surface area (Å²) in [6, 6.07) is 10.3. The molecule has 0 aliphatic carbocycles. The lowest BCUT2D eigenvalue weighted by molar-refractivity contribution is 0.312. The van der Waals surface area contributed by atoms with Crippen molar-refractivity contribution in [1.29, 1.82) is 0 Å². The van der Waals surface area contributed by atoms with Gasteiger partial charge in [0.15, 0.2) is 0 Å². The van der Waals surface area contributed by atoms with Crippen molar-refractivity contribution in [2.45, 2.75) is 13.1 Å². The zero-order chi connectivity index (χ0) is 19.5. The zero-order valence-corrected chi connectivity index (χ0v) is 15.9. The first-order valence-corrected chi connectivity index (χ1v) is 9.49. The van der Waals surface area contributed by atoms with Crippen LogP contribution >= 0.6 is 0 Å². The highest BCUT2D eigenvalue weighted by Crippen LogP contribution is 2.15. The summed E-state index contributed by atoms with van der Waals surface area (Å²) in [5.41, 5.74) is 2.08. The molecule has 6 nitrogen and oxygen atoms in total. The Hall–Kier alpha value is -2.77. The molecule has 1 saturated heterocycles. The molecule has 1 aromatic carbocycles. The molecule has 0 atom stereocenters. The average Bonchev–Trinajstić information content (AvgIpc) is 2.69. The van der Waals surface area contributed by atoms with Crippen molar-refractivity contribution in [1.82, 2.24) is 20.2 Å². The summed E-state index contributed by atoms with van der Waals surface area (Å²) in [5.74, 6) is 0.640. The van der Waals surface area contributed by atoms with E-state index in [1.165, 1.54) is 12.1 Å². The highest BCUT2D eigenvalue weighted by atomic mass is 19.1. The van der Waals surface area contributed by atoms with Gasteiger partial charge >= 0.3 is 0 Å². The quantitative estimate of drug-likeness (QED) is 0.709. The maximum Gasteiger partial charge on any atom is 0.252 e. The Bertz CT molecular complexity index is 1030. The Morgan fingerprint density at radius 1 is 1.11 bits per heavy atom. The lowest BCUT2D eigenvalue weighted by Crippen LogP contribution is -2.44. The molecule has 4 rings (SSSR count). The highest BCUT2D eigenvalue weighted by Gasteiger charge is 2.15. The van der Waals surface area contributed by atoms with Crippen LogP contribution in [-0.2, 0) is 13.1 Å².